The third-order valence-corrected chi connectivity index (χ3v) is 7.16. The molecule has 11 heteroatoms. The lowest BCUT2D eigenvalue weighted by atomic mass is 10.2. The van der Waals surface area contributed by atoms with Crippen molar-refractivity contribution in [3.05, 3.63) is 58.9 Å². The van der Waals surface area contributed by atoms with Crippen LogP contribution in [0, 0.1) is 0 Å². The van der Waals surface area contributed by atoms with Crippen molar-refractivity contribution < 1.29 is 31.6 Å². The van der Waals surface area contributed by atoms with Crippen molar-refractivity contribution >= 4 is 27.6 Å². The summed E-state index contributed by atoms with van der Waals surface area (Å²) >= 11 is 6.18. The Bertz CT molecular complexity index is 1200. The fourth-order valence-electron chi connectivity index (χ4n) is 3.43. The number of ether oxygens (including phenoxy) is 2. The molecule has 32 heavy (non-hydrogen) atoms. The molecule has 0 aliphatic carbocycles. The number of esters is 1. The van der Waals surface area contributed by atoms with Crippen molar-refractivity contribution in [2.45, 2.75) is 37.6 Å². The number of aromatic nitrogens is 1. The molecular formula is C21H21ClN2O7S. The highest BCUT2D eigenvalue weighted by Crippen LogP contribution is 2.28. The first-order chi connectivity index (χ1) is 15.2. The molecule has 0 N–H and O–H groups in total. The standard InChI is InChI=1S/C21H21ClN2O7S/c1-13-10-24(11-14(2)30-13)32(26,27)20-8-15(5-6-17(20)22)21(25)29-12-16-9-19(31-23-16)18-4-3-7-28-18/h3-9,13-14H,10-12H2,1-2H3. The van der Waals surface area contributed by atoms with Gasteiger partial charge in [-0.3, -0.25) is 0 Å². The van der Waals surface area contributed by atoms with E-state index in [1.165, 1.54) is 28.8 Å². The molecule has 4 rings (SSSR count). The first-order valence-electron chi connectivity index (χ1n) is 9.86. The molecule has 2 aromatic heterocycles. The molecule has 1 saturated heterocycles. The van der Waals surface area contributed by atoms with Crippen molar-refractivity contribution in [2.75, 3.05) is 13.1 Å². The average molecular weight is 481 g/mol. The van der Waals surface area contributed by atoms with Crippen LogP contribution in [0.3, 0.4) is 0 Å². The average Bonchev–Trinajstić information content (AvgIpc) is 3.43. The molecular weight excluding hydrogens is 460 g/mol. The van der Waals surface area contributed by atoms with E-state index in [0.717, 1.165) is 0 Å². The second-order valence-electron chi connectivity index (χ2n) is 7.46. The highest BCUT2D eigenvalue weighted by Gasteiger charge is 2.34. The first kappa shape index (κ1) is 22.5. The van der Waals surface area contributed by atoms with E-state index < -0.39 is 16.0 Å². The normalized spacial score (nSPS) is 19.7. The van der Waals surface area contributed by atoms with E-state index in [1.54, 1.807) is 32.0 Å². The van der Waals surface area contributed by atoms with Gasteiger partial charge >= 0.3 is 5.97 Å². The van der Waals surface area contributed by atoms with Crippen molar-refractivity contribution in [1.29, 1.82) is 0 Å². The van der Waals surface area contributed by atoms with Gasteiger partial charge in [0.25, 0.3) is 0 Å². The summed E-state index contributed by atoms with van der Waals surface area (Å²) in [6.45, 7) is 3.83. The SMILES string of the molecule is CC1CN(S(=O)(=O)c2cc(C(=O)OCc3cc(-c4ccco4)on3)ccc2Cl)CC(C)O1. The lowest BCUT2D eigenvalue weighted by molar-refractivity contribution is -0.0440. The maximum absolute atomic E-state index is 13.2. The number of rotatable bonds is 6. The van der Waals surface area contributed by atoms with Crippen LogP contribution in [-0.4, -0.2) is 49.1 Å². The molecule has 0 saturated carbocycles. The molecule has 0 spiro atoms. The Kier molecular flexibility index (Phi) is 6.38. The van der Waals surface area contributed by atoms with Gasteiger partial charge in [0.2, 0.25) is 15.8 Å². The van der Waals surface area contributed by atoms with Crippen molar-refractivity contribution in [1.82, 2.24) is 9.46 Å². The highest BCUT2D eigenvalue weighted by molar-refractivity contribution is 7.89. The second-order valence-corrected chi connectivity index (χ2v) is 9.77. The predicted molar refractivity (Wildman–Crippen MR) is 114 cm³/mol. The number of hydrogen-bond donors (Lipinski definition) is 0. The summed E-state index contributed by atoms with van der Waals surface area (Å²) in [4.78, 5) is 12.4. The quantitative estimate of drug-likeness (QED) is 0.490. The number of nitrogens with zero attached hydrogens (tertiary/aromatic N) is 2. The van der Waals surface area contributed by atoms with Crippen LogP contribution >= 0.6 is 11.6 Å². The number of furan rings is 1. The van der Waals surface area contributed by atoms with E-state index in [4.69, 9.17) is 30.0 Å². The summed E-state index contributed by atoms with van der Waals surface area (Å²) in [5.74, 6) is 0.175. The van der Waals surface area contributed by atoms with Crippen molar-refractivity contribution in [3.63, 3.8) is 0 Å². The maximum Gasteiger partial charge on any atom is 0.338 e. The molecule has 0 bridgehead atoms. The minimum absolute atomic E-state index is 0.0212. The van der Waals surface area contributed by atoms with Crippen LogP contribution in [0.4, 0.5) is 0 Å². The predicted octanol–water partition coefficient (Wildman–Crippen LogP) is 3.74. The number of halogens is 1. The van der Waals surface area contributed by atoms with Gasteiger partial charge in [0.1, 0.15) is 17.2 Å². The molecule has 9 nitrogen and oxygen atoms in total. The molecule has 1 aliphatic heterocycles. The van der Waals surface area contributed by atoms with E-state index in [2.05, 4.69) is 5.16 Å². The summed E-state index contributed by atoms with van der Waals surface area (Å²) in [5, 5.41) is 3.86. The van der Waals surface area contributed by atoms with Crippen molar-refractivity contribution in [3.8, 4) is 11.5 Å². The summed E-state index contributed by atoms with van der Waals surface area (Å²) in [6.07, 6.45) is 0.991. The van der Waals surface area contributed by atoms with Gasteiger partial charge in [-0.1, -0.05) is 16.8 Å². The fourth-order valence-corrected chi connectivity index (χ4v) is 5.52. The molecule has 3 aromatic rings. The molecule has 1 aromatic carbocycles. The minimum Gasteiger partial charge on any atom is -0.461 e. The number of sulfonamides is 1. The monoisotopic (exact) mass is 480 g/mol. The van der Waals surface area contributed by atoms with Crippen LogP contribution in [0.2, 0.25) is 5.02 Å². The Hall–Kier alpha value is -2.66. The number of morpholine rings is 1. The molecule has 1 aliphatic rings. The first-order valence-corrected chi connectivity index (χ1v) is 11.7. The molecule has 170 valence electrons. The smallest absolute Gasteiger partial charge is 0.338 e. The third kappa shape index (κ3) is 4.73. The number of hydrogen-bond acceptors (Lipinski definition) is 8. The van der Waals surface area contributed by atoms with E-state index in [0.29, 0.717) is 17.2 Å². The van der Waals surface area contributed by atoms with Gasteiger partial charge in [-0.2, -0.15) is 4.31 Å². The van der Waals surface area contributed by atoms with Crippen LogP contribution in [0.1, 0.15) is 29.9 Å². The van der Waals surface area contributed by atoms with Gasteiger partial charge in [0.05, 0.1) is 29.1 Å². The largest absolute Gasteiger partial charge is 0.461 e. The number of benzene rings is 1. The fraction of sp³-hybridized carbons (Fsp3) is 0.333. The molecule has 0 radical (unpaired) electrons. The van der Waals surface area contributed by atoms with E-state index in [1.807, 2.05) is 0 Å². The summed E-state index contributed by atoms with van der Waals surface area (Å²) in [6, 6.07) is 9.01. The van der Waals surface area contributed by atoms with Crippen LogP contribution in [-0.2, 0) is 26.1 Å². The van der Waals surface area contributed by atoms with Crippen LogP contribution in [0.25, 0.3) is 11.5 Å². The van der Waals surface area contributed by atoms with Gasteiger partial charge in [0, 0.05) is 19.2 Å². The lowest BCUT2D eigenvalue weighted by Gasteiger charge is -2.34. The summed E-state index contributed by atoms with van der Waals surface area (Å²) < 4.78 is 48.9. The van der Waals surface area contributed by atoms with Gasteiger partial charge in [0.15, 0.2) is 5.76 Å². The van der Waals surface area contributed by atoms with Crippen LogP contribution < -0.4 is 0 Å². The zero-order chi connectivity index (χ0) is 22.9. The number of carbonyl (C=O) groups excluding carboxylic acids is 1. The molecule has 2 unspecified atom stereocenters. The molecule has 0 amide bonds. The number of carbonyl (C=O) groups is 1. The second kappa shape index (κ2) is 9.07. The van der Waals surface area contributed by atoms with E-state index >= 15 is 0 Å². The lowest BCUT2D eigenvalue weighted by Crippen LogP contribution is -2.48. The Labute approximate surface area is 189 Å². The maximum atomic E-state index is 13.2. The van der Waals surface area contributed by atoms with Crippen LogP contribution in [0.5, 0.6) is 0 Å². The zero-order valence-corrected chi connectivity index (χ0v) is 18.9. The zero-order valence-electron chi connectivity index (χ0n) is 17.4. The molecule has 2 atom stereocenters. The summed E-state index contributed by atoms with van der Waals surface area (Å²) in [5.41, 5.74) is 0.430. The van der Waals surface area contributed by atoms with Gasteiger partial charge in [-0.25, -0.2) is 13.2 Å². The molecule has 3 heterocycles. The minimum atomic E-state index is -3.93. The Morgan fingerprint density at radius 2 is 1.94 bits per heavy atom. The van der Waals surface area contributed by atoms with Gasteiger partial charge in [-0.15, -0.1) is 0 Å². The van der Waals surface area contributed by atoms with Gasteiger partial charge < -0.3 is 18.4 Å². The van der Waals surface area contributed by atoms with Crippen molar-refractivity contribution in [2.24, 2.45) is 0 Å². The summed E-state index contributed by atoms with van der Waals surface area (Å²) in [7, 11) is -3.93. The van der Waals surface area contributed by atoms with Gasteiger partial charge in [-0.05, 0) is 44.2 Å². The van der Waals surface area contributed by atoms with Crippen LogP contribution in [0.15, 0.2) is 56.5 Å². The highest BCUT2D eigenvalue weighted by atomic mass is 35.5. The Morgan fingerprint density at radius 3 is 2.62 bits per heavy atom. The topological polar surface area (TPSA) is 112 Å². The van der Waals surface area contributed by atoms with E-state index in [9.17, 15) is 13.2 Å². The molecule has 1 fully saturated rings. The third-order valence-electron chi connectivity index (χ3n) is 4.84. The van der Waals surface area contributed by atoms with E-state index in [-0.39, 0.29) is 47.4 Å². The Balaban J connectivity index is 1.49. The Morgan fingerprint density at radius 1 is 1.19 bits per heavy atom.